The van der Waals surface area contributed by atoms with Crippen molar-refractivity contribution < 1.29 is 13.2 Å². The largest absolute Gasteiger partial charge is 0.335 e. The Labute approximate surface area is 165 Å². The van der Waals surface area contributed by atoms with Crippen LogP contribution < -0.4 is 0 Å². The fourth-order valence-corrected chi connectivity index (χ4v) is 5.75. The van der Waals surface area contributed by atoms with Gasteiger partial charge in [0.1, 0.15) is 0 Å². The standard InChI is InChI=1S/C20H26N2O3S2/c1-4-5-17-14-19(26-16(17)3)20(23)21-10-12-22(13-11-21)27(24,25)18-8-6-15(2)7-9-18/h6-9,14H,4-5,10-13H2,1-3H3. The molecule has 0 spiro atoms. The van der Waals surface area contributed by atoms with E-state index in [4.69, 9.17) is 0 Å². The second-order valence-electron chi connectivity index (χ2n) is 6.95. The van der Waals surface area contributed by atoms with Crippen molar-refractivity contribution in [3.8, 4) is 0 Å². The zero-order chi connectivity index (χ0) is 19.6. The van der Waals surface area contributed by atoms with Crippen LogP contribution >= 0.6 is 11.3 Å². The van der Waals surface area contributed by atoms with Gasteiger partial charge in [0.15, 0.2) is 0 Å². The van der Waals surface area contributed by atoms with Gasteiger partial charge in [0, 0.05) is 31.1 Å². The summed E-state index contributed by atoms with van der Waals surface area (Å²) in [7, 11) is -3.50. The molecule has 1 amide bonds. The van der Waals surface area contributed by atoms with Crippen molar-refractivity contribution in [1.82, 2.24) is 9.21 Å². The monoisotopic (exact) mass is 406 g/mol. The molecule has 0 radical (unpaired) electrons. The van der Waals surface area contributed by atoms with Crippen LogP contribution in [0.4, 0.5) is 0 Å². The van der Waals surface area contributed by atoms with Gasteiger partial charge in [0.05, 0.1) is 9.77 Å². The van der Waals surface area contributed by atoms with Crippen molar-refractivity contribution in [1.29, 1.82) is 0 Å². The highest BCUT2D eigenvalue weighted by atomic mass is 32.2. The molecule has 0 bridgehead atoms. The Morgan fingerprint density at radius 3 is 2.30 bits per heavy atom. The smallest absolute Gasteiger partial charge is 0.264 e. The Morgan fingerprint density at radius 2 is 1.70 bits per heavy atom. The Balaban J connectivity index is 1.67. The molecule has 2 aromatic rings. The van der Waals surface area contributed by atoms with Crippen LogP contribution in [-0.2, 0) is 16.4 Å². The van der Waals surface area contributed by atoms with Gasteiger partial charge in [-0.3, -0.25) is 4.79 Å². The zero-order valence-electron chi connectivity index (χ0n) is 16.1. The number of amides is 1. The first-order chi connectivity index (χ1) is 12.8. The number of sulfonamides is 1. The third-order valence-corrected chi connectivity index (χ3v) is 7.93. The van der Waals surface area contributed by atoms with E-state index in [1.54, 1.807) is 29.2 Å². The van der Waals surface area contributed by atoms with E-state index in [1.807, 2.05) is 13.0 Å². The highest BCUT2D eigenvalue weighted by Gasteiger charge is 2.30. The predicted molar refractivity (Wildman–Crippen MR) is 109 cm³/mol. The number of hydrogen-bond donors (Lipinski definition) is 0. The molecule has 0 unspecified atom stereocenters. The van der Waals surface area contributed by atoms with E-state index in [1.165, 1.54) is 26.1 Å². The lowest BCUT2D eigenvalue weighted by atomic mass is 10.1. The van der Waals surface area contributed by atoms with Crippen LogP contribution in [0.1, 0.15) is 39.0 Å². The Kier molecular flexibility index (Phi) is 6.03. The number of rotatable bonds is 5. The molecule has 3 rings (SSSR count). The molecule has 1 aromatic carbocycles. The molecule has 1 saturated heterocycles. The van der Waals surface area contributed by atoms with Crippen LogP contribution in [-0.4, -0.2) is 49.7 Å². The second kappa shape index (κ2) is 8.12. The second-order valence-corrected chi connectivity index (χ2v) is 10.1. The van der Waals surface area contributed by atoms with Crippen LogP contribution in [0.3, 0.4) is 0 Å². The molecule has 0 aliphatic carbocycles. The molecule has 27 heavy (non-hydrogen) atoms. The number of carbonyl (C=O) groups excluding carboxylic acids is 1. The molecule has 2 heterocycles. The molecule has 5 nitrogen and oxygen atoms in total. The number of hydrogen-bond acceptors (Lipinski definition) is 4. The molecule has 0 atom stereocenters. The third kappa shape index (κ3) is 4.25. The maximum atomic E-state index is 12.8. The predicted octanol–water partition coefficient (Wildman–Crippen LogP) is 3.46. The van der Waals surface area contributed by atoms with Gasteiger partial charge in [-0.1, -0.05) is 31.0 Å². The van der Waals surface area contributed by atoms with Gasteiger partial charge >= 0.3 is 0 Å². The SMILES string of the molecule is CCCc1cc(C(=O)N2CCN(S(=O)(=O)c3ccc(C)cc3)CC2)sc1C. The summed E-state index contributed by atoms with van der Waals surface area (Å²) in [6, 6.07) is 8.90. The van der Waals surface area contributed by atoms with Gasteiger partial charge in [-0.2, -0.15) is 4.31 Å². The maximum absolute atomic E-state index is 12.8. The first kappa shape index (κ1) is 20.0. The van der Waals surface area contributed by atoms with Gasteiger partial charge in [0.25, 0.3) is 5.91 Å². The van der Waals surface area contributed by atoms with Gasteiger partial charge in [-0.25, -0.2) is 8.42 Å². The summed E-state index contributed by atoms with van der Waals surface area (Å²) in [5.41, 5.74) is 2.27. The summed E-state index contributed by atoms with van der Waals surface area (Å²) in [6.45, 7) is 7.61. The molecule has 1 aliphatic rings. The average molecular weight is 407 g/mol. The summed E-state index contributed by atoms with van der Waals surface area (Å²) in [4.78, 5) is 16.8. The average Bonchev–Trinajstić information content (AvgIpc) is 3.02. The van der Waals surface area contributed by atoms with Crippen molar-refractivity contribution in [3.63, 3.8) is 0 Å². The van der Waals surface area contributed by atoms with E-state index in [0.29, 0.717) is 31.1 Å². The summed E-state index contributed by atoms with van der Waals surface area (Å²) in [5, 5.41) is 0. The summed E-state index contributed by atoms with van der Waals surface area (Å²) in [6.07, 6.45) is 2.04. The third-order valence-electron chi connectivity index (χ3n) is 4.94. The molecule has 0 N–H and O–H groups in total. The van der Waals surface area contributed by atoms with E-state index in [2.05, 4.69) is 13.8 Å². The van der Waals surface area contributed by atoms with Gasteiger partial charge in [0.2, 0.25) is 10.0 Å². The lowest BCUT2D eigenvalue weighted by Gasteiger charge is -2.33. The van der Waals surface area contributed by atoms with E-state index < -0.39 is 10.0 Å². The topological polar surface area (TPSA) is 57.7 Å². The zero-order valence-corrected chi connectivity index (χ0v) is 17.7. The molecule has 7 heteroatoms. The fraction of sp³-hybridized carbons (Fsp3) is 0.450. The quantitative estimate of drug-likeness (QED) is 0.764. The first-order valence-electron chi connectivity index (χ1n) is 9.28. The molecule has 0 saturated carbocycles. The number of aryl methyl sites for hydroxylation is 3. The van der Waals surface area contributed by atoms with E-state index in [-0.39, 0.29) is 5.91 Å². The number of nitrogens with zero attached hydrogens (tertiary/aromatic N) is 2. The van der Waals surface area contributed by atoms with Crippen molar-refractivity contribution in [2.24, 2.45) is 0 Å². The molecular formula is C20H26N2O3S2. The maximum Gasteiger partial charge on any atom is 0.264 e. The Morgan fingerprint density at radius 1 is 1.07 bits per heavy atom. The van der Waals surface area contributed by atoms with Crippen molar-refractivity contribution in [2.75, 3.05) is 26.2 Å². The normalized spacial score (nSPS) is 15.9. The van der Waals surface area contributed by atoms with Crippen LogP contribution in [0.5, 0.6) is 0 Å². The van der Waals surface area contributed by atoms with Crippen LogP contribution in [0, 0.1) is 13.8 Å². The van der Waals surface area contributed by atoms with Gasteiger partial charge in [-0.05, 0) is 44.0 Å². The highest BCUT2D eigenvalue weighted by Crippen LogP contribution is 2.25. The Bertz CT molecular complexity index is 909. The van der Waals surface area contributed by atoms with Crippen molar-refractivity contribution >= 4 is 27.3 Å². The van der Waals surface area contributed by atoms with Crippen molar-refractivity contribution in [3.05, 3.63) is 51.2 Å². The van der Waals surface area contributed by atoms with E-state index in [9.17, 15) is 13.2 Å². The fourth-order valence-electron chi connectivity index (χ4n) is 3.29. The van der Waals surface area contributed by atoms with Crippen LogP contribution in [0.2, 0.25) is 0 Å². The van der Waals surface area contributed by atoms with Crippen molar-refractivity contribution in [2.45, 2.75) is 38.5 Å². The molecule has 1 fully saturated rings. The van der Waals surface area contributed by atoms with E-state index >= 15 is 0 Å². The molecule has 1 aromatic heterocycles. The first-order valence-corrected chi connectivity index (χ1v) is 11.5. The summed E-state index contributed by atoms with van der Waals surface area (Å²) >= 11 is 1.54. The molecule has 1 aliphatic heterocycles. The van der Waals surface area contributed by atoms with Gasteiger partial charge in [-0.15, -0.1) is 11.3 Å². The number of benzene rings is 1. The van der Waals surface area contributed by atoms with Crippen LogP contribution in [0.15, 0.2) is 35.2 Å². The summed E-state index contributed by atoms with van der Waals surface area (Å²) in [5.74, 6) is 0.0119. The van der Waals surface area contributed by atoms with Crippen LogP contribution in [0.25, 0.3) is 0 Å². The minimum atomic E-state index is -3.50. The number of piperazine rings is 1. The number of carbonyl (C=O) groups is 1. The minimum Gasteiger partial charge on any atom is -0.335 e. The lowest BCUT2D eigenvalue weighted by molar-refractivity contribution is 0.0702. The summed E-state index contributed by atoms with van der Waals surface area (Å²) < 4.78 is 27.1. The highest BCUT2D eigenvalue weighted by molar-refractivity contribution is 7.89. The Hall–Kier alpha value is -1.70. The lowest BCUT2D eigenvalue weighted by Crippen LogP contribution is -2.50. The van der Waals surface area contributed by atoms with E-state index in [0.717, 1.165) is 23.3 Å². The molecular weight excluding hydrogens is 380 g/mol. The van der Waals surface area contributed by atoms with Gasteiger partial charge < -0.3 is 4.90 Å². The number of thiophene rings is 1. The molecule has 146 valence electrons. The minimum absolute atomic E-state index is 0.0119.